The third-order valence-electron chi connectivity index (χ3n) is 3.52. The van der Waals surface area contributed by atoms with Crippen LogP contribution in [0.3, 0.4) is 0 Å². The molecule has 0 saturated carbocycles. The van der Waals surface area contributed by atoms with Gasteiger partial charge < -0.3 is 4.98 Å². The molecule has 20 heavy (non-hydrogen) atoms. The molecule has 1 aliphatic rings. The highest BCUT2D eigenvalue weighted by Crippen LogP contribution is 2.23. The van der Waals surface area contributed by atoms with Crippen molar-refractivity contribution in [1.82, 2.24) is 14.9 Å². The zero-order valence-corrected chi connectivity index (χ0v) is 10.7. The lowest BCUT2D eigenvalue weighted by Crippen LogP contribution is -2.43. The third kappa shape index (κ3) is 1.82. The number of hydrogen-bond acceptors (Lipinski definition) is 3. The van der Waals surface area contributed by atoms with E-state index in [0.29, 0.717) is 16.6 Å². The first kappa shape index (κ1) is 12.6. The fraction of sp³-hybridized carbons (Fsp3) is 0.308. The normalized spacial score (nSPS) is 19.4. The van der Waals surface area contributed by atoms with Crippen LogP contribution in [0.4, 0.5) is 4.39 Å². The summed E-state index contributed by atoms with van der Waals surface area (Å²) in [6, 6.07) is 1.96. The first-order chi connectivity index (χ1) is 9.47. The van der Waals surface area contributed by atoms with E-state index in [-0.39, 0.29) is 18.7 Å². The molecule has 1 fully saturated rings. The summed E-state index contributed by atoms with van der Waals surface area (Å²) in [4.78, 5) is 37.6. The van der Waals surface area contributed by atoms with Crippen LogP contribution in [-0.4, -0.2) is 21.4 Å². The number of aromatic nitrogens is 2. The van der Waals surface area contributed by atoms with Gasteiger partial charge in [0.05, 0.1) is 11.0 Å². The molecule has 0 aliphatic carbocycles. The zero-order valence-electron chi connectivity index (χ0n) is 10.7. The van der Waals surface area contributed by atoms with Crippen molar-refractivity contribution in [1.29, 1.82) is 0 Å². The Kier molecular flexibility index (Phi) is 2.70. The highest BCUT2D eigenvalue weighted by atomic mass is 19.1. The molecule has 1 atom stereocenters. The Balaban J connectivity index is 2.18. The van der Waals surface area contributed by atoms with E-state index < -0.39 is 23.5 Å². The van der Waals surface area contributed by atoms with Gasteiger partial charge in [0.15, 0.2) is 0 Å². The van der Waals surface area contributed by atoms with Crippen LogP contribution in [0.2, 0.25) is 0 Å². The molecular weight excluding hydrogens is 265 g/mol. The zero-order chi connectivity index (χ0) is 14.4. The van der Waals surface area contributed by atoms with Crippen LogP contribution in [0.15, 0.2) is 16.9 Å². The molecule has 0 spiro atoms. The van der Waals surface area contributed by atoms with E-state index in [0.717, 1.165) is 0 Å². The molecule has 2 N–H and O–H groups in total. The average Bonchev–Trinajstić information content (AvgIpc) is 2.66. The number of amides is 2. The summed E-state index contributed by atoms with van der Waals surface area (Å²) in [7, 11) is 0. The lowest BCUT2D eigenvalue weighted by atomic mass is 10.1. The van der Waals surface area contributed by atoms with Gasteiger partial charge in [0.1, 0.15) is 11.9 Å². The number of piperidine rings is 1. The van der Waals surface area contributed by atoms with E-state index in [1.807, 2.05) is 0 Å². The SMILES string of the molecule is Cc1cc2[nH]c(=O)n(C3CCC(=O)NC3=O)c2cc1F. The molecule has 1 aromatic carbocycles. The Morgan fingerprint density at radius 3 is 2.75 bits per heavy atom. The van der Waals surface area contributed by atoms with E-state index >= 15 is 0 Å². The number of nitrogens with one attached hydrogen (secondary N) is 2. The number of halogens is 1. The number of rotatable bonds is 1. The molecule has 1 aliphatic heterocycles. The molecule has 1 unspecified atom stereocenters. The average molecular weight is 277 g/mol. The molecule has 1 aromatic heterocycles. The predicted octanol–water partition coefficient (Wildman–Crippen LogP) is 0.755. The molecule has 2 amide bonds. The molecule has 1 saturated heterocycles. The molecule has 0 bridgehead atoms. The van der Waals surface area contributed by atoms with Crippen LogP contribution < -0.4 is 11.0 Å². The second-order valence-electron chi connectivity index (χ2n) is 4.89. The first-order valence-corrected chi connectivity index (χ1v) is 6.21. The summed E-state index contributed by atoms with van der Waals surface area (Å²) < 4.78 is 14.9. The Hall–Kier alpha value is -2.44. The van der Waals surface area contributed by atoms with Crippen LogP contribution in [-0.2, 0) is 9.59 Å². The van der Waals surface area contributed by atoms with Crippen molar-refractivity contribution in [3.05, 3.63) is 34.0 Å². The highest BCUT2D eigenvalue weighted by Gasteiger charge is 2.30. The van der Waals surface area contributed by atoms with Gasteiger partial charge in [-0.2, -0.15) is 0 Å². The molecule has 2 heterocycles. The van der Waals surface area contributed by atoms with Crippen molar-refractivity contribution >= 4 is 22.8 Å². The largest absolute Gasteiger partial charge is 0.327 e. The molecular formula is C13H12FN3O3. The van der Waals surface area contributed by atoms with E-state index in [4.69, 9.17) is 0 Å². The maximum absolute atomic E-state index is 13.7. The van der Waals surface area contributed by atoms with Crippen molar-refractivity contribution in [2.24, 2.45) is 0 Å². The van der Waals surface area contributed by atoms with Crippen molar-refractivity contribution in [3.8, 4) is 0 Å². The Labute approximate surface area is 112 Å². The maximum Gasteiger partial charge on any atom is 0.327 e. The minimum Gasteiger partial charge on any atom is -0.306 e. The van der Waals surface area contributed by atoms with E-state index in [1.54, 1.807) is 6.92 Å². The summed E-state index contributed by atoms with van der Waals surface area (Å²) >= 11 is 0. The number of carbonyl (C=O) groups is 2. The minimum atomic E-state index is -0.795. The second-order valence-corrected chi connectivity index (χ2v) is 4.89. The van der Waals surface area contributed by atoms with Gasteiger partial charge in [-0.25, -0.2) is 9.18 Å². The summed E-state index contributed by atoms with van der Waals surface area (Å²) in [6.45, 7) is 1.59. The van der Waals surface area contributed by atoms with Crippen molar-refractivity contribution in [2.45, 2.75) is 25.8 Å². The fourth-order valence-electron chi connectivity index (χ4n) is 2.49. The third-order valence-corrected chi connectivity index (χ3v) is 3.52. The monoisotopic (exact) mass is 277 g/mol. The first-order valence-electron chi connectivity index (χ1n) is 6.21. The van der Waals surface area contributed by atoms with Gasteiger partial charge in [0, 0.05) is 12.5 Å². The summed E-state index contributed by atoms with van der Waals surface area (Å²) in [6.07, 6.45) is 0.386. The standard InChI is InChI=1S/C13H12FN3O3/c1-6-4-8-10(5-7(6)14)17(13(20)15-8)9-2-3-11(18)16-12(9)19/h4-5,9H,2-3H2,1H3,(H,15,20)(H,16,18,19). The van der Waals surface area contributed by atoms with Gasteiger partial charge in [-0.05, 0) is 25.0 Å². The number of H-pyrrole nitrogens is 1. The number of benzene rings is 1. The number of imidazole rings is 1. The summed E-state index contributed by atoms with van der Waals surface area (Å²) in [5.41, 5.74) is 0.722. The topological polar surface area (TPSA) is 84.0 Å². The molecule has 0 radical (unpaired) electrons. The van der Waals surface area contributed by atoms with Gasteiger partial charge in [0.25, 0.3) is 0 Å². The lowest BCUT2D eigenvalue weighted by Gasteiger charge is -2.21. The van der Waals surface area contributed by atoms with Crippen LogP contribution in [0.1, 0.15) is 24.4 Å². The van der Waals surface area contributed by atoms with Gasteiger partial charge in [-0.3, -0.25) is 19.5 Å². The van der Waals surface area contributed by atoms with Gasteiger partial charge >= 0.3 is 5.69 Å². The molecule has 2 aromatic rings. The van der Waals surface area contributed by atoms with Crippen molar-refractivity contribution in [2.75, 3.05) is 0 Å². The number of fused-ring (bicyclic) bond motifs is 1. The number of nitrogens with zero attached hydrogens (tertiary/aromatic N) is 1. The lowest BCUT2D eigenvalue weighted by molar-refractivity contribution is -0.135. The molecule has 104 valence electrons. The van der Waals surface area contributed by atoms with E-state index in [9.17, 15) is 18.8 Å². The van der Waals surface area contributed by atoms with Crippen LogP contribution >= 0.6 is 0 Å². The maximum atomic E-state index is 13.7. The number of hydrogen-bond donors (Lipinski definition) is 2. The fourth-order valence-corrected chi connectivity index (χ4v) is 2.49. The number of aryl methyl sites for hydroxylation is 1. The van der Waals surface area contributed by atoms with Crippen molar-refractivity contribution < 1.29 is 14.0 Å². The smallest absolute Gasteiger partial charge is 0.306 e. The Morgan fingerprint density at radius 1 is 1.30 bits per heavy atom. The van der Waals surface area contributed by atoms with Crippen molar-refractivity contribution in [3.63, 3.8) is 0 Å². The molecule has 3 rings (SSSR count). The summed E-state index contributed by atoms with van der Waals surface area (Å²) in [5, 5.41) is 2.19. The van der Waals surface area contributed by atoms with Gasteiger partial charge in [-0.15, -0.1) is 0 Å². The van der Waals surface area contributed by atoms with Crippen LogP contribution in [0.5, 0.6) is 0 Å². The van der Waals surface area contributed by atoms with Gasteiger partial charge in [0.2, 0.25) is 11.8 Å². The predicted molar refractivity (Wildman–Crippen MR) is 68.7 cm³/mol. The van der Waals surface area contributed by atoms with Gasteiger partial charge in [-0.1, -0.05) is 0 Å². The minimum absolute atomic E-state index is 0.157. The Bertz CT molecular complexity index is 790. The van der Waals surface area contributed by atoms with E-state index in [2.05, 4.69) is 10.3 Å². The van der Waals surface area contributed by atoms with Crippen LogP contribution in [0, 0.1) is 12.7 Å². The number of imide groups is 1. The molecule has 6 nitrogen and oxygen atoms in total. The number of carbonyl (C=O) groups excluding carboxylic acids is 2. The summed E-state index contributed by atoms with van der Waals surface area (Å²) in [5.74, 6) is -1.34. The molecule has 7 heteroatoms. The highest BCUT2D eigenvalue weighted by molar-refractivity contribution is 6.00. The quantitative estimate of drug-likeness (QED) is 0.755. The Morgan fingerprint density at radius 2 is 2.05 bits per heavy atom. The second kappa shape index (κ2) is 4.29. The van der Waals surface area contributed by atoms with E-state index in [1.165, 1.54) is 16.7 Å². The van der Waals surface area contributed by atoms with Crippen LogP contribution in [0.25, 0.3) is 11.0 Å². The number of aromatic amines is 1.